The number of anilines is 1. The molecule has 0 aliphatic carbocycles. The van der Waals surface area contributed by atoms with E-state index in [1.807, 2.05) is 19.2 Å². The number of pyridine rings is 1. The highest BCUT2D eigenvalue weighted by atomic mass is 16.5. The van der Waals surface area contributed by atoms with Crippen molar-refractivity contribution in [2.75, 3.05) is 18.5 Å². The monoisotopic (exact) mass is 178 g/mol. The van der Waals surface area contributed by atoms with Crippen LogP contribution in [0.2, 0.25) is 0 Å². The third-order valence-corrected chi connectivity index (χ3v) is 2.20. The second-order valence-corrected chi connectivity index (χ2v) is 3.39. The maximum Gasteiger partial charge on any atom is 0.0668 e. The van der Waals surface area contributed by atoms with Crippen molar-refractivity contribution in [1.82, 2.24) is 4.98 Å². The van der Waals surface area contributed by atoms with E-state index in [2.05, 4.69) is 16.4 Å². The van der Waals surface area contributed by atoms with Crippen molar-refractivity contribution < 1.29 is 4.74 Å². The first kappa shape index (κ1) is 8.51. The quantitative estimate of drug-likeness (QED) is 0.746. The molecule has 70 valence electrons. The molecule has 2 heterocycles. The zero-order valence-electron chi connectivity index (χ0n) is 7.79. The van der Waals surface area contributed by atoms with Crippen LogP contribution < -0.4 is 5.32 Å². The SMILES string of the molecule is Cc1cc(NC2CCOC2)ccn1. The third-order valence-electron chi connectivity index (χ3n) is 2.20. The van der Waals surface area contributed by atoms with E-state index in [0.29, 0.717) is 6.04 Å². The summed E-state index contributed by atoms with van der Waals surface area (Å²) in [5.74, 6) is 0. The van der Waals surface area contributed by atoms with Gasteiger partial charge in [-0.2, -0.15) is 0 Å². The van der Waals surface area contributed by atoms with Crippen molar-refractivity contribution in [2.24, 2.45) is 0 Å². The lowest BCUT2D eigenvalue weighted by atomic mass is 10.2. The first-order valence-corrected chi connectivity index (χ1v) is 4.61. The van der Waals surface area contributed by atoms with Gasteiger partial charge in [0.15, 0.2) is 0 Å². The molecule has 1 aliphatic heterocycles. The van der Waals surface area contributed by atoms with E-state index in [0.717, 1.165) is 31.0 Å². The van der Waals surface area contributed by atoms with Gasteiger partial charge in [0.05, 0.1) is 12.6 Å². The number of hydrogen-bond donors (Lipinski definition) is 1. The lowest BCUT2D eigenvalue weighted by Gasteiger charge is -2.11. The average Bonchev–Trinajstić information content (AvgIpc) is 2.57. The molecule has 3 heteroatoms. The van der Waals surface area contributed by atoms with Crippen LogP contribution in [0.5, 0.6) is 0 Å². The molecule has 1 unspecified atom stereocenters. The molecule has 2 rings (SSSR count). The van der Waals surface area contributed by atoms with Crippen LogP contribution in [0.15, 0.2) is 18.3 Å². The van der Waals surface area contributed by atoms with Crippen LogP contribution in [-0.2, 0) is 4.74 Å². The molecule has 1 saturated heterocycles. The molecule has 0 saturated carbocycles. The van der Waals surface area contributed by atoms with Gasteiger partial charge in [-0.3, -0.25) is 4.98 Å². The fourth-order valence-corrected chi connectivity index (χ4v) is 1.52. The molecule has 1 fully saturated rings. The van der Waals surface area contributed by atoms with Crippen molar-refractivity contribution in [2.45, 2.75) is 19.4 Å². The summed E-state index contributed by atoms with van der Waals surface area (Å²) in [4.78, 5) is 4.14. The van der Waals surface area contributed by atoms with E-state index < -0.39 is 0 Å². The molecular formula is C10H14N2O. The number of aryl methyl sites for hydroxylation is 1. The van der Waals surface area contributed by atoms with Gasteiger partial charge in [-0.05, 0) is 25.5 Å². The molecule has 1 aromatic rings. The molecule has 1 aliphatic rings. The van der Waals surface area contributed by atoms with E-state index in [9.17, 15) is 0 Å². The number of rotatable bonds is 2. The normalized spacial score (nSPS) is 21.8. The molecule has 1 N–H and O–H groups in total. The Morgan fingerprint density at radius 2 is 2.54 bits per heavy atom. The first-order valence-electron chi connectivity index (χ1n) is 4.61. The molecule has 0 bridgehead atoms. The summed E-state index contributed by atoms with van der Waals surface area (Å²) in [7, 11) is 0. The number of hydrogen-bond acceptors (Lipinski definition) is 3. The molecule has 0 spiro atoms. The summed E-state index contributed by atoms with van der Waals surface area (Å²) in [5, 5.41) is 3.42. The minimum Gasteiger partial charge on any atom is -0.380 e. The summed E-state index contributed by atoms with van der Waals surface area (Å²) in [6.45, 7) is 3.69. The van der Waals surface area contributed by atoms with Crippen LogP contribution in [0.4, 0.5) is 5.69 Å². The molecule has 1 atom stereocenters. The number of ether oxygens (including phenoxy) is 1. The van der Waals surface area contributed by atoms with Gasteiger partial charge < -0.3 is 10.1 Å². The molecule has 1 aromatic heterocycles. The molecule has 13 heavy (non-hydrogen) atoms. The van der Waals surface area contributed by atoms with Gasteiger partial charge in [0, 0.05) is 24.2 Å². The highest BCUT2D eigenvalue weighted by Crippen LogP contribution is 2.13. The summed E-state index contributed by atoms with van der Waals surface area (Å²) >= 11 is 0. The van der Waals surface area contributed by atoms with E-state index in [4.69, 9.17) is 4.74 Å². The lowest BCUT2D eigenvalue weighted by molar-refractivity contribution is 0.195. The van der Waals surface area contributed by atoms with E-state index in [-0.39, 0.29) is 0 Å². The topological polar surface area (TPSA) is 34.1 Å². The Kier molecular flexibility index (Phi) is 2.45. The zero-order chi connectivity index (χ0) is 9.10. The standard InChI is InChI=1S/C10H14N2O/c1-8-6-9(2-4-11-8)12-10-3-5-13-7-10/h2,4,6,10H,3,5,7H2,1H3,(H,11,12). The van der Waals surface area contributed by atoms with Crippen molar-refractivity contribution in [3.05, 3.63) is 24.0 Å². The van der Waals surface area contributed by atoms with Crippen molar-refractivity contribution in [3.63, 3.8) is 0 Å². The highest BCUT2D eigenvalue weighted by molar-refractivity contribution is 5.44. The van der Waals surface area contributed by atoms with Crippen molar-refractivity contribution in [1.29, 1.82) is 0 Å². The minimum absolute atomic E-state index is 0.474. The van der Waals surface area contributed by atoms with Crippen LogP contribution in [-0.4, -0.2) is 24.2 Å². The van der Waals surface area contributed by atoms with Crippen LogP contribution >= 0.6 is 0 Å². The first-order chi connectivity index (χ1) is 6.34. The average molecular weight is 178 g/mol. The maximum absolute atomic E-state index is 5.28. The summed E-state index contributed by atoms with van der Waals surface area (Å²) in [6, 6.07) is 4.52. The molecule has 0 amide bonds. The Hall–Kier alpha value is -1.09. The van der Waals surface area contributed by atoms with Gasteiger partial charge in [-0.1, -0.05) is 0 Å². The third kappa shape index (κ3) is 2.18. The van der Waals surface area contributed by atoms with Crippen molar-refractivity contribution in [3.8, 4) is 0 Å². The van der Waals surface area contributed by atoms with Gasteiger partial charge in [0.1, 0.15) is 0 Å². The van der Waals surface area contributed by atoms with Crippen LogP contribution in [0.1, 0.15) is 12.1 Å². The maximum atomic E-state index is 5.28. The second kappa shape index (κ2) is 3.75. The zero-order valence-corrected chi connectivity index (χ0v) is 7.79. The summed E-state index contributed by atoms with van der Waals surface area (Å²) < 4.78 is 5.28. The second-order valence-electron chi connectivity index (χ2n) is 3.39. The largest absolute Gasteiger partial charge is 0.380 e. The number of aromatic nitrogens is 1. The number of nitrogens with one attached hydrogen (secondary N) is 1. The van der Waals surface area contributed by atoms with Gasteiger partial charge in [0.25, 0.3) is 0 Å². The van der Waals surface area contributed by atoms with Crippen molar-refractivity contribution >= 4 is 5.69 Å². The van der Waals surface area contributed by atoms with Gasteiger partial charge in [0.2, 0.25) is 0 Å². The Balaban J connectivity index is 2.00. The predicted molar refractivity (Wildman–Crippen MR) is 51.8 cm³/mol. The Bertz CT molecular complexity index is 282. The van der Waals surface area contributed by atoms with E-state index >= 15 is 0 Å². The van der Waals surface area contributed by atoms with E-state index in [1.165, 1.54) is 0 Å². The fraction of sp³-hybridized carbons (Fsp3) is 0.500. The van der Waals surface area contributed by atoms with E-state index in [1.54, 1.807) is 0 Å². The molecule has 3 nitrogen and oxygen atoms in total. The van der Waals surface area contributed by atoms with Gasteiger partial charge in [-0.25, -0.2) is 0 Å². The lowest BCUT2D eigenvalue weighted by Crippen LogP contribution is -2.18. The van der Waals surface area contributed by atoms with Crippen LogP contribution in [0.25, 0.3) is 0 Å². The molecular weight excluding hydrogens is 164 g/mol. The minimum atomic E-state index is 0.474. The molecule has 0 radical (unpaired) electrons. The van der Waals surface area contributed by atoms with Gasteiger partial charge in [-0.15, -0.1) is 0 Å². The molecule has 0 aromatic carbocycles. The Morgan fingerprint density at radius 3 is 3.23 bits per heavy atom. The van der Waals surface area contributed by atoms with Crippen LogP contribution in [0.3, 0.4) is 0 Å². The number of nitrogens with zero attached hydrogens (tertiary/aromatic N) is 1. The Labute approximate surface area is 78.1 Å². The van der Waals surface area contributed by atoms with Crippen LogP contribution in [0, 0.1) is 6.92 Å². The fourth-order valence-electron chi connectivity index (χ4n) is 1.52. The summed E-state index contributed by atoms with van der Waals surface area (Å²) in [5.41, 5.74) is 2.19. The summed E-state index contributed by atoms with van der Waals surface area (Å²) in [6.07, 6.45) is 2.93. The van der Waals surface area contributed by atoms with Gasteiger partial charge >= 0.3 is 0 Å². The highest BCUT2D eigenvalue weighted by Gasteiger charge is 2.14. The smallest absolute Gasteiger partial charge is 0.0668 e. The predicted octanol–water partition coefficient (Wildman–Crippen LogP) is 1.59. The Morgan fingerprint density at radius 1 is 1.62 bits per heavy atom.